The molecule has 1 unspecified atom stereocenters. The largest absolute Gasteiger partial charge is 0.352 e. The van der Waals surface area contributed by atoms with Crippen molar-refractivity contribution in [2.45, 2.75) is 51.6 Å². The number of amides is 1. The second-order valence-corrected chi connectivity index (χ2v) is 7.87. The van der Waals surface area contributed by atoms with Crippen LogP contribution in [0.2, 0.25) is 0 Å². The molecular weight excluding hydrogens is 350 g/mol. The highest BCUT2D eigenvalue weighted by Gasteiger charge is 2.41. The van der Waals surface area contributed by atoms with Crippen molar-refractivity contribution < 1.29 is 4.79 Å². The summed E-state index contributed by atoms with van der Waals surface area (Å²) in [6.07, 6.45) is 15.0. The number of fused-ring (bicyclic) bond motifs is 2. The molecule has 6 heteroatoms. The molecule has 2 aromatic rings. The van der Waals surface area contributed by atoms with Crippen molar-refractivity contribution in [2.24, 2.45) is 5.92 Å². The summed E-state index contributed by atoms with van der Waals surface area (Å²) in [7, 11) is 0. The summed E-state index contributed by atoms with van der Waals surface area (Å²) in [4.78, 5) is 28.0. The molecule has 2 saturated heterocycles. The smallest absolute Gasteiger partial charge is 0.252 e. The van der Waals surface area contributed by atoms with Gasteiger partial charge in [-0.05, 0) is 51.5 Å². The fourth-order valence-electron chi connectivity index (χ4n) is 4.56. The van der Waals surface area contributed by atoms with Crippen molar-refractivity contribution in [1.82, 2.24) is 20.3 Å². The minimum atomic E-state index is -0.110. The maximum absolute atomic E-state index is 12.5. The van der Waals surface area contributed by atoms with E-state index in [1.807, 2.05) is 13.1 Å². The van der Waals surface area contributed by atoms with Gasteiger partial charge in [0.05, 0.1) is 5.56 Å². The van der Waals surface area contributed by atoms with Crippen LogP contribution in [-0.2, 0) is 0 Å². The number of hydrogen-bond donors (Lipinski definition) is 1. The topological polar surface area (TPSA) is 71.0 Å². The fraction of sp³-hybridized carbons (Fsp3) is 0.455. The van der Waals surface area contributed by atoms with E-state index in [4.69, 9.17) is 11.4 Å². The highest BCUT2D eigenvalue weighted by atomic mass is 16.1. The van der Waals surface area contributed by atoms with Crippen LogP contribution < -0.4 is 10.2 Å². The van der Waals surface area contributed by atoms with Crippen LogP contribution in [0.3, 0.4) is 0 Å². The van der Waals surface area contributed by atoms with Crippen molar-refractivity contribution in [3.63, 3.8) is 0 Å². The molecule has 28 heavy (non-hydrogen) atoms. The van der Waals surface area contributed by atoms with E-state index in [0.717, 1.165) is 30.0 Å². The third-order valence-electron chi connectivity index (χ3n) is 5.86. The number of rotatable bonds is 4. The van der Waals surface area contributed by atoms with Gasteiger partial charge in [-0.1, -0.05) is 5.92 Å². The monoisotopic (exact) mass is 375 g/mol. The molecule has 6 nitrogen and oxygen atoms in total. The first-order valence-electron chi connectivity index (χ1n) is 9.83. The lowest BCUT2D eigenvalue weighted by Gasteiger charge is -2.40. The fourth-order valence-corrected chi connectivity index (χ4v) is 4.56. The van der Waals surface area contributed by atoms with Crippen LogP contribution in [0.5, 0.6) is 0 Å². The Morgan fingerprint density at radius 3 is 2.71 bits per heavy atom. The molecule has 0 spiro atoms. The summed E-state index contributed by atoms with van der Waals surface area (Å²) < 4.78 is 0. The SMILES string of the molecule is C#Cc1cncc(C(=O)NCC2C[C@H]3CC[C@@H](C2)N3c2nc(C)ncc2C)c1. The molecule has 1 N–H and O–H groups in total. The molecule has 2 aliphatic heterocycles. The van der Waals surface area contributed by atoms with Crippen molar-refractivity contribution in [1.29, 1.82) is 0 Å². The van der Waals surface area contributed by atoms with Crippen molar-refractivity contribution in [2.75, 3.05) is 11.4 Å². The molecule has 0 radical (unpaired) electrons. The average molecular weight is 375 g/mol. The molecule has 2 fully saturated rings. The summed E-state index contributed by atoms with van der Waals surface area (Å²) in [5.41, 5.74) is 2.27. The van der Waals surface area contributed by atoms with Crippen LogP contribution in [-0.4, -0.2) is 39.5 Å². The molecule has 3 atom stereocenters. The summed E-state index contributed by atoms with van der Waals surface area (Å²) in [5.74, 6) is 4.78. The Kier molecular flexibility index (Phi) is 4.99. The highest BCUT2D eigenvalue weighted by molar-refractivity contribution is 5.94. The Morgan fingerprint density at radius 1 is 1.25 bits per heavy atom. The Bertz CT molecular complexity index is 921. The van der Waals surface area contributed by atoms with Crippen LogP contribution in [0.15, 0.2) is 24.7 Å². The van der Waals surface area contributed by atoms with Gasteiger partial charge in [-0.2, -0.15) is 0 Å². The molecule has 2 aliphatic rings. The minimum Gasteiger partial charge on any atom is -0.352 e. The van der Waals surface area contributed by atoms with Gasteiger partial charge in [0.15, 0.2) is 0 Å². The number of anilines is 1. The number of nitrogens with zero attached hydrogens (tertiary/aromatic N) is 4. The molecule has 144 valence electrons. The maximum Gasteiger partial charge on any atom is 0.252 e. The van der Waals surface area contributed by atoms with Gasteiger partial charge < -0.3 is 10.2 Å². The number of pyridine rings is 1. The van der Waals surface area contributed by atoms with Gasteiger partial charge >= 0.3 is 0 Å². The zero-order valence-electron chi connectivity index (χ0n) is 16.4. The number of piperidine rings is 1. The standard InChI is InChI=1S/C22H25N5O/c1-4-16-7-18(13-23-11-16)22(28)25-12-17-8-19-5-6-20(9-17)27(19)21-14(2)10-24-15(3)26-21/h1,7,10-11,13,17,19-20H,5-6,8-9,12H2,2-3H3,(H,25,28)/t17?,19-,20+. The normalized spacial score (nSPS) is 23.3. The Hall–Kier alpha value is -2.94. The summed E-state index contributed by atoms with van der Waals surface area (Å²) in [6, 6.07) is 2.68. The zero-order valence-corrected chi connectivity index (χ0v) is 16.4. The Labute approximate surface area is 165 Å². The van der Waals surface area contributed by atoms with E-state index in [0.29, 0.717) is 35.7 Å². The van der Waals surface area contributed by atoms with Crippen LogP contribution in [0.4, 0.5) is 5.82 Å². The van der Waals surface area contributed by atoms with Gasteiger partial charge in [0.2, 0.25) is 0 Å². The number of nitrogens with one attached hydrogen (secondary N) is 1. The van der Waals surface area contributed by atoms with Crippen LogP contribution in [0.1, 0.15) is 53.0 Å². The lowest BCUT2D eigenvalue weighted by Crippen LogP contribution is -2.46. The summed E-state index contributed by atoms with van der Waals surface area (Å²) in [5, 5.41) is 3.07. The predicted octanol–water partition coefficient (Wildman–Crippen LogP) is 2.65. The van der Waals surface area contributed by atoms with Crippen LogP contribution in [0, 0.1) is 32.1 Å². The lowest BCUT2D eigenvalue weighted by atomic mass is 9.90. The molecule has 0 saturated carbocycles. The number of aryl methyl sites for hydroxylation is 2. The van der Waals surface area contributed by atoms with Crippen molar-refractivity contribution >= 4 is 11.7 Å². The summed E-state index contributed by atoms with van der Waals surface area (Å²) in [6.45, 7) is 4.71. The molecule has 2 bridgehead atoms. The molecule has 0 aliphatic carbocycles. The molecule has 2 aromatic heterocycles. The quantitative estimate of drug-likeness (QED) is 0.832. The zero-order chi connectivity index (χ0) is 19.7. The Balaban J connectivity index is 1.40. The van der Waals surface area contributed by atoms with Crippen LogP contribution in [0.25, 0.3) is 0 Å². The van der Waals surface area contributed by atoms with Crippen LogP contribution >= 0.6 is 0 Å². The second kappa shape index (κ2) is 7.59. The van der Waals surface area contributed by atoms with E-state index in [2.05, 4.69) is 33.0 Å². The van der Waals surface area contributed by atoms with E-state index in [1.54, 1.807) is 18.5 Å². The number of carbonyl (C=O) groups excluding carboxylic acids is 1. The van der Waals surface area contributed by atoms with Crippen molar-refractivity contribution in [3.05, 3.63) is 47.2 Å². The molecular formula is C22H25N5O. The maximum atomic E-state index is 12.5. The van der Waals surface area contributed by atoms with Gasteiger partial charge in [0, 0.05) is 48.3 Å². The van der Waals surface area contributed by atoms with Gasteiger partial charge in [-0.15, -0.1) is 6.42 Å². The third-order valence-corrected chi connectivity index (χ3v) is 5.86. The van der Waals surface area contributed by atoms with Gasteiger partial charge in [0.1, 0.15) is 11.6 Å². The number of terminal acetylenes is 1. The first-order valence-corrected chi connectivity index (χ1v) is 9.83. The average Bonchev–Trinajstić information content (AvgIpc) is 2.97. The highest BCUT2D eigenvalue weighted by Crippen LogP contribution is 2.41. The number of carbonyl (C=O) groups is 1. The predicted molar refractivity (Wildman–Crippen MR) is 108 cm³/mol. The van der Waals surface area contributed by atoms with Crippen molar-refractivity contribution in [3.8, 4) is 12.3 Å². The molecule has 1 amide bonds. The van der Waals surface area contributed by atoms with E-state index in [-0.39, 0.29) is 5.91 Å². The number of aromatic nitrogens is 3. The molecule has 4 rings (SSSR count). The Morgan fingerprint density at radius 2 is 2.00 bits per heavy atom. The van der Waals surface area contributed by atoms with E-state index >= 15 is 0 Å². The van der Waals surface area contributed by atoms with Gasteiger partial charge in [-0.3, -0.25) is 9.78 Å². The van der Waals surface area contributed by atoms with Gasteiger partial charge in [-0.25, -0.2) is 9.97 Å². The first-order chi connectivity index (χ1) is 13.5. The third kappa shape index (κ3) is 3.57. The molecule has 4 heterocycles. The molecule has 0 aromatic carbocycles. The minimum absolute atomic E-state index is 0.110. The second-order valence-electron chi connectivity index (χ2n) is 7.87. The summed E-state index contributed by atoms with van der Waals surface area (Å²) >= 11 is 0. The lowest BCUT2D eigenvalue weighted by molar-refractivity contribution is 0.0942. The van der Waals surface area contributed by atoms with E-state index in [1.165, 1.54) is 12.8 Å². The van der Waals surface area contributed by atoms with E-state index < -0.39 is 0 Å². The number of hydrogen-bond acceptors (Lipinski definition) is 5. The first kappa shape index (κ1) is 18.4. The van der Waals surface area contributed by atoms with Gasteiger partial charge in [0.25, 0.3) is 5.91 Å². The van der Waals surface area contributed by atoms with E-state index in [9.17, 15) is 4.79 Å².